The third-order valence-corrected chi connectivity index (χ3v) is 8.29. The summed E-state index contributed by atoms with van der Waals surface area (Å²) in [6, 6.07) is 12.3. The second-order valence-electron chi connectivity index (χ2n) is 7.15. The van der Waals surface area contributed by atoms with Gasteiger partial charge in [-0.2, -0.15) is 9.30 Å². The van der Waals surface area contributed by atoms with Crippen LogP contribution in [0.3, 0.4) is 0 Å². The van der Waals surface area contributed by atoms with Crippen LogP contribution >= 0.6 is 11.3 Å². The molecular weight excluding hydrogens is 406 g/mol. The van der Waals surface area contributed by atoms with Gasteiger partial charge in [-0.05, 0) is 61.2 Å². The fourth-order valence-corrected chi connectivity index (χ4v) is 6.10. The maximum atomic E-state index is 12.7. The van der Waals surface area contributed by atoms with Crippen LogP contribution in [-0.4, -0.2) is 36.3 Å². The van der Waals surface area contributed by atoms with E-state index in [9.17, 15) is 13.2 Å². The molecule has 2 heterocycles. The zero-order valence-corrected chi connectivity index (χ0v) is 18.1. The average molecular weight is 430 g/mol. The molecule has 152 valence electrons. The molecule has 0 spiro atoms. The van der Waals surface area contributed by atoms with Gasteiger partial charge in [-0.25, -0.2) is 8.42 Å². The molecule has 1 saturated heterocycles. The molecule has 2 aromatic carbocycles. The molecule has 1 aliphatic heterocycles. The Kier molecular flexibility index (Phi) is 5.42. The van der Waals surface area contributed by atoms with Gasteiger partial charge in [0, 0.05) is 25.7 Å². The minimum atomic E-state index is -3.48. The zero-order valence-electron chi connectivity index (χ0n) is 16.5. The van der Waals surface area contributed by atoms with Gasteiger partial charge in [-0.15, -0.1) is 0 Å². The van der Waals surface area contributed by atoms with Gasteiger partial charge >= 0.3 is 0 Å². The average Bonchev–Trinajstić information content (AvgIpc) is 3.37. The van der Waals surface area contributed by atoms with Crippen molar-refractivity contribution in [3.8, 4) is 0 Å². The van der Waals surface area contributed by atoms with E-state index in [1.807, 2.05) is 17.7 Å². The predicted octanol–water partition coefficient (Wildman–Crippen LogP) is 3.33. The predicted molar refractivity (Wildman–Crippen MR) is 115 cm³/mol. The van der Waals surface area contributed by atoms with Crippen LogP contribution in [0.5, 0.6) is 0 Å². The lowest BCUT2D eigenvalue weighted by Gasteiger charge is -2.15. The number of carbonyl (C=O) groups is 1. The van der Waals surface area contributed by atoms with E-state index >= 15 is 0 Å². The maximum Gasteiger partial charge on any atom is 0.279 e. The lowest BCUT2D eigenvalue weighted by Crippen LogP contribution is -2.27. The Morgan fingerprint density at radius 2 is 1.79 bits per heavy atom. The number of nitrogens with zero attached hydrogens (tertiary/aromatic N) is 3. The monoisotopic (exact) mass is 429 g/mol. The van der Waals surface area contributed by atoms with Crippen molar-refractivity contribution in [1.82, 2.24) is 8.87 Å². The minimum Gasteiger partial charge on any atom is -0.319 e. The first kappa shape index (κ1) is 20.0. The number of aryl methyl sites for hydroxylation is 2. The second-order valence-corrected chi connectivity index (χ2v) is 10.1. The molecule has 0 N–H and O–H groups in total. The standard InChI is InChI=1S/C21H23N3O3S2/c1-3-15-6-11-18-19(14-15)28-21(23(18)2)22-20(25)16-7-9-17(10-8-16)29(26,27)24-12-4-5-13-24/h6-11,14H,3-5,12-13H2,1-2H3. The normalized spacial score (nSPS) is 16.0. The molecule has 6 nitrogen and oxygen atoms in total. The van der Waals surface area contributed by atoms with Gasteiger partial charge in [0.25, 0.3) is 5.91 Å². The summed E-state index contributed by atoms with van der Waals surface area (Å²) in [7, 11) is -1.59. The first-order valence-corrected chi connectivity index (χ1v) is 11.9. The largest absolute Gasteiger partial charge is 0.319 e. The number of carbonyl (C=O) groups excluding carboxylic acids is 1. The van der Waals surface area contributed by atoms with Gasteiger partial charge in [0.05, 0.1) is 15.1 Å². The molecule has 8 heteroatoms. The quantitative estimate of drug-likeness (QED) is 0.639. The van der Waals surface area contributed by atoms with Crippen LogP contribution in [-0.2, 0) is 23.5 Å². The van der Waals surface area contributed by atoms with Gasteiger partial charge in [0.15, 0.2) is 4.80 Å². The Morgan fingerprint density at radius 3 is 2.45 bits per heavy atom. The van der Waals surface area contributed by atoms with Crippen molar-refractivity contribution in [1.29, 1.82) is 0 Å². The van der Waals surface area contributed by atoms with E-state index < -0.39 is 10.0 Å². The van der Waals surface area contributed by atoms with Crippen molar-refractivity contribution in [3.05, 3.63) is 58.4 Å². The van der Waals surface area contributed by atoms with Crippen LogP contribution in [0.25, 0.3) is 10.2 Å². The van der Waals surface area contributed by atoms with E-state index in [1.165, 1.54) is 45.5 Å². The molecule has 0 bridgehead atoms. The Hall–Kier alpha value is -2.29. The third kappa shape index (κ3) is 3.80. The molecule has 0 unspecified atom stereocenters. The second kappa shape index (κ2) is 7.85. The van der Waals surface area contributed by atoms with Crippen molar-refractivity contribution >= 4 is 37.5 Å². The summed E-state index contributed by atoms with van der Waals surface area (Å²) in [5.74, 6) is -0.381. The molecule has 0 aliphatic carbocycles. The van der Waals surface area contributed by atoms with Crippen LogP contribution in [0.4, 0.5) is 0 Å². The highest BCUT2D eigenvalue weighted by molar-refractivity contribution is 7.89. The summed E-state index contributed by atoms with van der Waals surface area (Å²) in [4.78, 5) is 17.8. The van der Waals surface area contributed by atoms with Gasteiger partial charge < -0.3 is 4.57 Å². The lowest BCUT2D eigenvalue weighted by atomic mass is 10.2. The summed E-state index contributed by atoms with van der Waals surface area (Å²) in [5, 5.41) is 0. The number of fused-ring (bicyclic) bond motifs is 1. The highest BCUT2D eigenvalue weighted by atomic mass is 32.2. The first-order chi connectivity index (χ1) is 13.9. The van der Waals surface area contributed by atoms with Crippen molar-refractivity contribution in [2.75, 3.05) is 13.1 Å². The molecule has 0 radical (unpaired) electrons. The Balaban J connectivity index is 1.63. The summed E-state index contributed by atoms with van der Waals surface area (Å²) in [6.45, 7) is 3.22. The van der Waals surface area contributed by atoms with E-state index in [0.29, 0.717) is 23.5 Å². The number of hydrogen-bond acceptors (Lipinski definition) is 4. The van der Waals surface area contributed by atoms with Gasteiger partial charge in [-0.3, -0.25) is 4.79 Å². The van der Waals surface area contributed by atoms with E-state index in [0.717, 1.165) is 29.5 Å². The van der Waals surface area contributed by atoms with Crippen molar-refractivity contribution < 1.29 is 13.2 Å². The summed E-state index contributed by atoms with van der Waals surface area (Å²) in [6.07, 6.45) is 2.73. The van der Waals surface area contributed by atoms with Crippen LogP contribution < -0.4 is 4.80 Å². The van der Waals surface area contributed by atoms with E-state index in [2.05, 4.69) is 24.0 Å². The van der Waals surface area contributed by atoms with Gasteiger partial charge in [0.1, 0.15) is 0 Å². The highest BCUT2D eigenvalue weighted by Gasteiger charge is 2.27. The summed E-state index contributed by atoms with van der Waals surface area (Å²) in [5.41, 5.74) is 2.65. The Labute approximate surface area is 174 Å². The minimum absolute atomic E-state index is 0.218. The molecule has 0 saturated carbocycles. The molecule has 4 rings (SSSR count). The Morgan fingerprint density at radius 1 is 1.10 bits per heavy atom. The van der Waals surface area contributed by atoms with Gasteiger partial charge in [-0.1, -0.05) is 24.3 Å². The fraction of sp³-hybridized carbons (Fsp3) is 0.333. The van der Waals surface area contributed by atoms with Crippen LogP contribution in [0.15, 0.2) is 52.4 Å². The molecule has 1 aromatic heterocycles. The van der Waals surface area contributed by atoms with E-state index in [1.54, 1.807) is 0 Å². The summed E-state index contributed by atoms with van der Waals surface area (Å²) < 4.78 is 29.7. The number of sulfonamides is 1. The van der Waals surface area contributed by atoms with Crippen LogP contribution in [0.1, 0.15) is 35.7 Å². The van der Waals surface area contributed by atoms with Crippen molar-refractivity contribution in [3.63, 3.8) is 0 Å². The van der Waals surface area contributed by atoms with Gasteiger partial charge in [0.2, 0.25) is 10.0 Å². The Bertz CT molecular complexity index is 1230. The number of amides is 1. The number of rotatable bonds is 4. The number of hydrogen-bond donors (Lipinski definition) is 0. The highest BCUT2D eigenvalue weighted by Crippen LogP contribution is 2.22. The lowest BCUT2D eigenvalue weighted by molar-refractivity contribution is 0.0998. The van der Waals surface area contributed by atoms with Crippen LogP contribution in [0, 0.1) is 0 Å². The molecule has 1 aliphatic rings. The molecule has 3 aromatic rings. The fourth-order valence-electron chi connectivity index (χ4n) is 3.50. The van der Waals surface area contributed by atoms with E-state index in [-0.39, 0.29) is 10.8 Å². The van der Waals surface area contributed by atoms with Crippen molar-refractivity contribution in [2.45, 2.75) is 31.1 Å². The van der Waals surface area contributed by atoms with E-state index in [4.69, 9.17) is 0 Å². The molecular formula is C21H23N3O3S2. The smallest absolute Gasteiger partial charge is 0.279 e. The maximum absolute atomic E-state index is 12.7. The first-order valence-electron chi connectivity index (χ1n) is 9.68. The zero-order chi connectivity index (χ0) is 20.6. The molecule has 29 heavy (non-hydrogen) atoms. The van der Waals surface area contributed by atoms with Crippen LogP contribution in [0.2, 0.25) is 0 Å². The molecule has 1 amide bonds. The van der Waals surface area contributed by atoms with Crippen molar-refractivity contribution in [2.24, 2.45) is 12.0 Å². The molecule has 0 atom stereocenters. The SMILES string of the molecule is CCc1ccc2c(c1)sc(=NC(=O)c1ccc(S(=O)(=O)N3CCCC3)cc1)n2C. The molecule has 1 fully saturated rings. The third-order valence-electron chi connectivity index (χ3n) is 5.28. The number of benzene rings is 2. The number of aromatic nitrogens is 1. The number of thiazole rings is 1. The topological polar surface area (TPSA) is 71.7 Å². The summed E-state index contributed by atoms with van der Waals surface area (Å²) >= 11 is 1.47.